The van der Waals surface area contributed by atoms with Crippen LogP contribution in [0.2, 0.25) is 0 Å². The lowest BCUT2D eigenvalue weighted by Crippen LogP contribution is -2.49. The maximum atomic E-state index is 13.6. The number of fused-ring (bicyclic) bond motifs is 2. The summed E-state index contributed by atoms with van der Waals surface area (Å²) in [5.41, 5.74) is -0.261. The molecule has 4 aromatic rings. The van der Waals surface area contributed by atoms with Gasteiger partial charge in [0.1, 0.15) is 22.6 Å². The molecule has 1 fully saturated rings. The van der Waals surface area contributed by atoms with E-state index in [0.29, 0.717) is 44.9 Å². The number of ether oxygens (including phenoxy) is 2. The molecule has 1 unspecified atom stereocenters. The number of carbonyl (C=O) groups is 2. The predicted molar refractivity (Wildman–Crippen MR) is 131 cm³/mol. The van der Waals surface area contributed by atoms with Gasteiger partial charge in [-0.3, -0.25) is 9.59 Å². The SMILES string of the molecule is CNC(=O)c1c(C)oc2cc(Oc3ccnn4cc(C(=O)N5CCC(OC)(C(F)(F)F)C5)c(C)c34)ccc12. The standard InChI is InChI=1S/C26H25F3N4O5/c1-14-18(24(35)32-10-8-25(13-32,36-4)26(27,28)29)12-33-22(14)19(7-9-31-33)38-16-5-6-17-20(11-16)37-15(2)21(17)23(34)30-3/h5-7,9,11-12H,8,10,13H2,1-4H3,(H,30,34). The van der Waals surface area contributed by atoms with E-state index in [9.17, 15) is 22.8 Å². The summed E-state index contributed by atoms with van der Waals surface area (Å²) in [5.74, 6) is 0.469. The van der Waals surface area contributed by atoms with Gasteiger partial charge in [-0.2, -0.15) is 18.3 Å². The number of benzene rings is 1. The summed E-state index contributed by atoms with van der Waals surface area (Å²) in [6, 6.07) is 6.69. The lowest BCUT2D eigenvalue weighted by atomic mass is 10.0. The highest BCUT2D eigenvalue weighted by atomic mass is 19.4. The second kappa shape index (κ2) is 9.05. The molecule has 12 heteroatoms. The van der Waals surface area contributed by atoms with E-state index in [2.05, 4.69) is 10.4 Å². The lowest BCUT2D eigenvalue weighted by Gasteiger charge is -2.30. The number of hydrogen-bond donors (Lipinski definition) is 1. The van der Waals surface area contributed by atoms with Crippen molar-refractivity contribution in [2.45, 2.75) is 32.0 Å². The molecule has 1 atom stereocenters. The third-order valence-electron chi connectivity index (χ3n) is 7.07. The van der Waals surface area contributed by atoms with Gasteiger partial charge in [-0.15, -0.1) is 0 Å². The Morgan fingerprint density at radius 2 is 1.97 bits per heavy atom. The van der Waals surface area contributed by atoms with Crippen LogP contribution >= 0.6 is 0 Å². The van der Waals surface area contributed by atoms with Crippen molar-refractivity contribution in [1.82, 2.24) is 19.8 Å². The number of nitrogens with one attached hydrogen (secondary N) is 1. The van der Waals surface area contributed by atoms with Gasteiger partial charge in [0.15, 0.2) is 11.4 Å². The van der Waals surface area contributed by atoms with E-state index in [1.165, 1.54) is 16.9 Å². The number of methoxy groups -OCH3 is 1. The largest absolute Gasteiger partial charge is 0.460 e. The van der Waals surface area contributed by atoms with Gasteiger partial charge in [-0.1, -0.05) is 0 Å². The molecule has 1 aromatic carbocycles. The van der Waals surface area contributed by atoms with E-state index in [1.54, 1.807) is 45.2 Å². The minimum absolute atomic E-state index is 0.0881. The molecule has 1 saturated heterocycles. The summed E-state index contributed by atoms with van der Waals surface area (Å²) in [6.45, 7) is 2.71. The minimum Gasteiger partial charge on any atom is -0.460 e. The highest BCUT2D eigenvalue weighted by Crippen LogP contribution is 2.41. The summed E-state index contributed by atoms with van der Waals surface area (Å²) >= 11 is 0. The number of likely N-dealkylation sites (tertiary alicyclic amines) is 1. The maximum Gasteiger partial charge on any atom is 0.419 e. The van der Waals surface area contributed by atoms with Gasteiger partial charge in [0.2, 0.25) is 0 Å². The average Bonchev–Trinajstić information content (AvgIpc) is 3.56. The van der Waals surface area contributed by atoms with Crippen molar-refractivity contribution in [3.63, 3.8) is 0 Å². The number of hydrogen-bond acceptors (Lipinski definition) is 6. The van der Waals surface area contributed by atoms with Gasteiger partial charge in [0.05, 0.1) is 23.9 Å². The summed E-state index contributed by atoms with van der Waals surface area (Å²) in [4.78, 5) is 26.6. The number of amides is 2. The second-order valence-corrected chi connectivity index (χ2v) is 9.20. The topological polar surface area (TPSA) is 98.3 Å². The smallest absolute Gasteiger partial charge is 0.419 e. The van der Waals surface area contributed by atoms with Crippen LogP contribution in [0.25, 0.3) is 16.5 Å². The third kappa shape index (κ3) is 3.95. The van der Waals surface area contributed by atoms with Crippen LogP contribution in [0.3, 0.4) is 0 Å². The maximum absolute atomic E-state index is 13.6. The first-order chi connectivity index (χ1) is 18.0. The van der Waals surface area contributed by atoms with E-state index in [1.807, 2.05) is 0 Å². The first-order valence-electron chi connectivity index (χ1n) is 11.8. The number of aryl methyl sites for hydroxylation is 2. The molecule has 1 N–H and O–H groups in total. The molecular weight excluding hydrogens is 505 g/mol. The molecule has 0 bridgehead atoms. The van der Waals surface area contributed by atoms with Crippen LogP contribution in [0.1, 0.15) is 38.5 Å². The number of carbonyl (C=O) groups excluding carboxylic acids is 2. The van der Waals surface area contributed by atoms with E-state index in [-0.39, 0.29) is 24.4 Å². The molecule has 0 radical (unpaired) electrons. The zero-order valence-electron chi connectivity index (χ0n) is 21.1. The Labute approximate surface area is 215 Å². The van der Waals surface area contributed by atoms with E-state index in [4.69, 9.17) is 13.9 Å². The van der Waals surface area contributed by atoms with Crippen molar-refractivity contribution < 1.29 is 36.7 Å². The van der Waals surface area contributed by atoms with Gasteiger partial charge in [0, 0.05) is 50.8 Å². The van der Waals surface area contributed by atoms with Crippen LogP contribution in [0.15, 0.2) is 41.1 Å². The van der Waals surface area contributed by atoms with E-state index >= 15 is 0 Å². The van der Waals surface area contributed by atoms with Crippen molar-refractivity contribution in [1.29, 1.82) is 0 Å². The van der Waals surface area contributed by atoms with Crippen molar-refractivity contribution in [2.24, 2.45) is 0 Å². The third-order valence-corrected chi connectivity index (χ3v) is 7.07. The molecule has 1 aliphatic heterocycles. The first kappa shape index (κ1) is 25.6. The molecule has 9 nitrogen and oxygen atoms in total. The lowest BCUT2D eigenvalue weighted by molar-refractivity contribution is -0.263. The first-order valence-corrected chi connectivity index (χ1v) is 11.8. The normalized spacial score (nSPS) is 17.9. The molecule has 200 valence electrons. The highest BCUT2D eigenvalue weighted by Gasteiger charge is 2.59. The van der Waals surface area contributed by atoms with Crippen molar-refractivity contribution >= 4 is 28.3 Å². The zero-order valence-corrected chi connectivity index (χ0v) is 21.1. The Bertz CT molecular complexity index is 1570. The quantitative estimate of drug-likeness (QED) is 0.404. The predicted octanol–water partition coefficient (Wildman–Crippen LogP) is 4.64. The fourth-order valence-corrected chi connectivity index (χ4v) is 4.96. The highest BCUT2D eigenvalue weighted by molar-refractivity contribution is 6.07. The Kier molecular flexibility index (Phi) is 6.09. The Morgan fingerprint density at radius 3 is 2.63 bits per heavy atom. The Hall–Kier alpha value is -4.06. The van der Waals surface area contributed by atoms with Gasteiger partial charge >= 0.3 is 6.18 Å². The van der Waals surface area contributed by atoms with Crippen LogP contribution in [0.5, 0.6) is 11.5 Å². The van der Waals surface area contributed by atoms with Crippen LogP contribution in [0, 0.1) is 13.8 Å². The molecule has 4 heterocycles. The van der Waals surface area contributed by atoms with Crippen molar-refractivity contribution in [3.8, 4) is 11.5 Å². The zero-order chi connectivity index (χ0) is 27.4. The monoisotopic (exact) mass is 530 g/mol. The van der Waals surface area contributed by atoms with Gasteiger partial charge in [-0.25, -0.2) is 4.52 Å². The van der Waals surface area contributed by atoms with Gasteiger partial charge < -0.3 is 24.1 Å². The van der Waals surface area contributed by atoms with Gasteiger partial charge in [-0.05, 0) is 31.5 Å². The molecular formula is C26H25F3N4O5. The van der Waals surface area contributed by atoms with Crippen molar-refractivity contribution in [2.75, 3.05) is 27.2 Å². The number of alkyl halides is 3. The molecule has 5 rings (SSSR count). The molecule has 0 spiro atoms. The van der Waals surface area contributed by atoms with E-state index < -0.39 is 24.2 Å². The number of halogens is 3. The summed E-state index contributed by atoms with van der Waals surface area (Å²) in [6.07, 6.45) is -1.97. The number of rotatable bonds is 5. The van der Waals surface area contributed by atoms with Gasteiger partial charge in [0.25, 0.3) is 11.8 Å². The number of aromatic nitrogens is 2. The van der Waals surface area contributed by atoms with Crippen LogP contribution < -0.4 is 10.1 Å². The van der Waals surface area contributed by atoms with E-state index in [0.717, 1.165) is 12.0 Å². The Balaban J connectivity index is 1.46. The Morgan fingerprint density at radius 1 is 1.21 bits per heavy atom. The van der Waals surface area contributed by atoms with Crippen LogP contribution in [0.4, 0.5) is 13.2 Å². The second-order valence-electron chi connectivity index (χ2n) is 9.20. The number of furan rings is 1. The molecule has 38 heavy (non-hydrogen) atoms. The summed E-state index contributed by atoms with van der Waals surface area (Å²) < 4.78 is 59.0. The van der Waals surface area contributed by atoms with Crippen LogP contribution in [-0.2, 0) is 4.74 Å². The fourth-order valence-electron chi connectivity index (χ4n) is 4.96. The molecule has 2 amide bonds. The molecule has 0 aliphatic carbocycles. The average molecular weight is 531 g/mol. The van der Waals surface area contributed by atoms with Crippen LogP contribution in [-0.4, -0.2) is 65.4 Å². The molecule has 1 aliphatic rings. The molecule has 3 aromatic heterocycles. The van der Waals surface area contributed by atoms with Crippen molar-refractivity contribution in [3.05, 3.63) is 59.1 Å². The summed E-state index contributed by atoms with van der Waals surface area (Å²) in [5, 5.41) is 7.48. The number of nitrogens with zero attached hydrogens (tertiary/aromatic N) is 3. The molecule has 0 saturated carbocycles. The fraction of sp³-hybridized carbons (Fsp3) is 0.346. The summed E-state index contributed by atoms with van der Waals surface area (Å²) in [7, 11) is 2.55. The minimum atomic E-state index is -4.60.